The Morgan fingerprint density at radius 3 is 2.71 bits per heavy atom. The molecule has 0 atom stereocenters. The predicted molar refractivity (Wildman–Crippen MR) is 27.1 cm³/mol. The van der Waals surface area contributed by atoms with E-state index in [9.17, 15) is 0 Å². The predicted octanol–water partition coefficient (Wildman–Crippen LogP) is -0.138. The van der Waals surface area contributed by atoms with Crippen LogP contribution in [0.5, 0.6) is 0 Å². The lowest BCUT2D eigenvalue weighted by molar-refractivity contribution is 1.03. The summed E-state index contributed by atoms with van der Waals surface area (Å²) in [7, 11) is 0. The van der Waals surface area contributed by atoms with E-state index >= 15 is 0 Å². The average Bonchev–Trinajstić information content (AvgIpc) is 1.69. The summed E-state index contributed by atoms with van der Waals surface area (Å²) in [5, 5.41) is 7.83. The molecule has 0 spiro atoms. The minimum Gasteiger partial charge on any atom is -0.330 e. The molecule has 0 radical (unpaired) electrons. The molecule has 0 bridgehead atoms. The quantitative estimate of drug-likeness (QED) is 0.460. The van der Waals surface area contributed by atoms with Gasteiger partial charge >= 0.3 is 0 Å². The zero-order valence-electron chi connectivity index (χ0n) is 3.94. The van der Waals surface area contributed by atoms with E-state index in [2.05, 4.69) is 11.8 Å². The van der Waals surface area contributed by atoms with Crippen LogP contribution in [0.15, 0.2) is 0 Å². The van der Waals surface area contributed by atoms with Crippen LogP contribution in [0.2, 0.25) is 0 Å². The number of rotatable bonds is 1. The molecule has 0 saturated carbocycles. The molecule has 0 heterocycles. The van der Waals surface area contributed by atoms with Gasteiger partial charge in [0.1, 0.15) is 0 Å². The van der Waals surface area contributed by atoms with Crippen LogP contribution in [0.3, 0.4) is 0 Å². The average molecular weight is 94.1 g/mol. The Kier molecular flexibility index (Phi) is 4.30. The van der Waals surface area contributed by atoms with Gasteiger partial charge in [-0.1, -0.05) is 5.92 Å². The van der Waals surface area contributed by atoms with Crippen molar-refractivity contribution in [2.75, 3.05) is 6.54 Å². The maximum absolute atomic E-state index is 7.83. The summed E-state index contributed by atoms with van der Waals surface area (Å²) in [4.78, 5) is 0. The van der Waals surface area contributed by atoms with Crippen molar-refractivity contribution in [1.29, 1.82) is 5.26 Å². The minimum absolute atomic E-state index is 0.536. The molecule has 2 heteroatoms. The lowest BCUT2D eigenvalue weighted by Crippen LogP contribution is -1.95. The fourth-order valence-corrected chi connectivity index (χ4v) is 0.174. The van der Waals surface area contributed by atoms with Crippen molar-refractivity contribution >= 4 is 0 Å². The van der Waals surface area contributed by atoms with Crippen molar-refractivity contribution in [2.24, 2.45) is 5.73 Å². The van der Waals surface area contributed by atoms with Crippen molar-refractivity contribution in [3.8, 4) is 17.9 Å². The molecule has 0 aliphatic carbocycles. The summed E-state index contributed by atoms with van der Waals surface area (Å²) in [5.74, 6) is 4.77. The molecule has 2 N–H and O–H groups in total. The molecular weight excluding hydrogens is 88.1 g/mol. The van der Waals surface area contributed by atoms with Crippen LogP contribution in [0, 0.1) is 23.2 Å². The van der Waals surface area contributed by atoms with E-state index in [1.807, 2.05) is 0 Å². The Morgan fingerprint density at radius 1 is 1.57 bits per heavy atom. The van der Waals surface area contributed by atoms with Crippen LogP contribution in [-0.2, 0) is 0 Å². The molecule has 0 aliphatic rings. The molecule has 0 aromatic heterocycles. The van der Waals surface area contributed by atoms with Crippen molar-refractivity contribution in [2.45, 2.75) is 6.42 Å². The lowest BCUT2D eigenvalue weighted by atomic mass is 10.4. The minimum atomic E-state index is 0.536. The van der Waals surface area contributed by atoms with E-state index < -0.39 is 0 Å². The molecule has 0 unspecified atom stereocenters. The second-order valence-electron chi connectivity index (χ2n) is 0.952. The number of nitriles is 1. The Bertz CT molecular complexity index is 121. The van der Waals surface area contributed by atoms with E-state index in [1.54, 1.807) is 6.07 Å². The Balaban J connectivity index is 3.13. The number of nitrogens with two attached hydrogens (primary N) is 1. The zero-order valence-corrected chi connectivity index (χ0v) is 3.94. The summed E-state index contributed by atoms with van der Waals surface area (Å²) in [6.45, 7) is 0.536. The van der Waals surface area contributed by atoms with E-state index in [-0.39, 0.29) is 0 Å². The topological polar surface area (TPSA) is 49.8 Å². The molecule has 0 rings (SSSR count). The van der Waals surface area contributed by atoms with Crippen LogP contribution >= 0.6 is 0 Å². The highest BCUT2D eigenvalue weighted by molar-refractivity contribution is 5.16. The number of hydrogen-bond acceptors (Lipinski definition) is 2. The molecule has 0 saturated heterocycles. The van der Waals surface area contributed by atoms with Crippen molar-refractivity contribution < 1.29 is 0 Å². The van der Waals surface area contributed by atoms with Gasteiger partial charge < -0.3 is 5.73 Å². The molecule has 0 aliphatic heterocycles. The van der Waals surface area contributed by atoms with Crippen LogP contribution < -0.4 is 5.73 Å². The lowest BCUT2D eigenvalue weighted by Gasteiger charge is -1.72. The first kappa shape index (κ1) is 6.01. The molecule has 0 aromatic carbocycles. The number of hydrogen-bond donors (Lipinski definition) is 1. The first-order chi connectivity index (χ1) is 3.41. The van der Waals surface area contributed by atoms with Crippen LogP contribution in [0.4, 0.5) is 0 Å². The molecule has 0 aromatic rings. The SMILES string of the molecule is N#CC#CCCN. The third kappa shape index (κ3) is 5.01. The Morgan fingerprint density at radius 2 is 2.29 bits per heavy atom. The zero-order chi connectivity index (χ0) is 5.54. The van der Waals surface area contributed by atoms with Crippen molar-refractivity contribution in [3.63, 3.8) is 0 Å². The Hall–Kier alpha value is -0.990. The first-order valence-corrected chi connectivity index (χ1v) is 1.99. The summed E-state index contributed by atoms with van der Waals surface area (Å²) in [6.07, 6.45) is 0.619. The standard InChI is InChI=1S/C5H6N2/c6-4-2-1-3-5-7/h2,4,6H2. The third-order valence-corrected chi connectivity index (χ3v) is 0.414. The van der Waals surface area contributed by atoms with Gasteiger partial charge in [-0.25, -0.2) is 0 Å². The van der Waals surface area contributed by atoms with Crippen LogP contribution in [0.25, 0.3) is 0 Å². The molecule has 0 fully saturated rings. The monoisotopic (exact) mass is 94.1 g/mol. The third-order valence-electron chi connectivity index (χ3n) is 0.414. The molecule has 2 nitrogen and oxygen atoms in total. The second kappa shape index (κ2) is 5.01. The fraction of sp³-hybridized carbons (Fsp3) is 0.400. The van der Waals surface area contributed by atoms with Crippen molar-refractivity contribution in [3.05, 3.63) is 0 Å². The largest absolute Gasteiger partial charge is 0.330 e. The van der Waals surface area contributed by atoms with E-state index in [4.69, 9.17) is 11.0 Å². The maximum atomic E-state index is 7.83. The maximum Gasteiger partial charge on any atom is 0.152 e. The fourth-order valence-electron chi connectivity index (χ4n) is 0.174. The highest BCUT2D eigenvalue weighted by Crippen LogP contribution is 1.63. The van der Waals surface area contributed by atoms with E-state index in [0.29, 0.717) is 13.0 Å². The highest BCUT2D eigenvalue weighted by atomic mass is 14.5. The van der Waals surface area contributed by atoms with Crippen LogP contribution in [0.1, 0.15) is 6.42 Å². The van der Waals surface area contributed by atoms with Gasteiger partial charge in [0.2, 0.25) is 0 Å². The van der Waals surface area contributed by atoms with Gasteiger partial charge in [-0.15, -0.1) is 0 Å². The first-order valence-electron chi connectivity index (χ1n) is 1.99. The summed E-state index contributed by atoms with van der Waals surface area (Å²) >= 11 is 0. The highest BCUT2D eigenvalue weighted by Gasteiger charge is 1.65. The van der Waals surface area contributed by atoms with E-state index in [1.165, 1.54) is 0 Å². The van der Waals surface area contributed by atoms with Crippen molar-refractivity contribution in [1.82, 2.24) is 0 Å². The summed E-state index contributed by atoms with van der Waals surface area (Å²) in [6, 6.07) is 1.69. The molecule has 7 heavy (non-hydrogen) atoms. The van der Waals surface area contributed by atoms with Gasteiger partial charge in [0.25, 0.3) is 0 Å². The van der Waals surface area contributed by atoms with Gasteiger partial charge in [-0.05, 0) is 0 Å². The molecule has 0 amide bonds. The molecule has 36 valence electrons. The van der Waals surface area contributed by atoms with E-state index in [0.717, 1.165) is 0 Å². The summed E-state index contributed by atoms with van der Waals surface area (Å²) < 4.78 is 0. The summed E-state index contributed by atoms with van der Waals surface area (Å²) in [5.41, 5.74) is 5.06. The van der Waals surface area contributed by atoms with Gasteiger partial charge in [-0.3, -0.25) is 0 Å². The Labute approximate surface area is 42.9 Å². The normalized spacial score (nSPS) is 5.71. The van der Waals surface area contributed by atoms with Crippen LogP contribution in [-0.4, -0.2) is 6.54 Å². The van der Waals surface area contributed by atoms with Gasteiger partial charge in [0.05, 0.1) is 0 Å². The smallest absolute Gasteiger partial charge is 0.152 e. The van der Waals surface area contributed by atoms with Gasteiger partial charge in [-0.2, -0.15) is 5.26 Å². The molecular formula is C5H6N2. The van der Waals surface area contributed by atoms with Gasteiger partial charge in [0.15, 0.2) is 6.07 Å². The van der Waals surface area contributed by atoms with Gasteiger partial charge in [0, 0.05) is 18.9 Å². The second-order valence-corrected chi connectivity index (χ2v) is 0.952. The number of nitrogens with zero attached hydrogens (tertiary/aromatic N) is 1.